The van der Waals surface area contributed by atoms with E-state index >= 15 is 0 Å². The molecule has 0 heterocycles. The molecule has 0 saturated carbocycles. The van der Waals surface area contributed by atoms with Crippen molar-refractivity contribution in [1.82, 2.24) is 0 Å². The molecular weight excluding hydrogens is 232 g/mol. The molecule has 0 saturated heterocycles. The van der Waals surface area contributed by atoms with Crippen LogP contribution in [0.5, 0.6) is 0 Å². The molecule has 2 aromatic carbocycles. The van der Waals surface area contributed by atoms with Crippen molar-refractivity contribution in [2.75, 3.05) is 0 Å². The van der Waals surface area contributed by atoms with Crippen molar-refractivity contribution in [3.8, 4) is 11.1 Å². The monoisotopic (exact) mass is 247 g/mol. The lowest BCUT2D eigenvalue weighted by Gasteiger charge is -2.11. The largest absolute Gasteiger partial charge is 0.326 e. The van der Waals surface area contributed by atoms with E-state index in [-0.39, 0.29) is 12.1 Å². The van der Waals surface area contributed by atoms with Gasteiger partial charge in [0.1, 0.15) is 11.6 Å². The first kappa shape index (κ1) is 12.7. The summed E-state index contributed by atoms with van der Waals surface area (Å²) in [6.45, 7) is 3.86. The molecule has 94 valence electrons. The van der Waals surface area contributed by atoms with Gasteiger partial charge in [0.05, 0.1) is 0 Å². The Balaban J connectivity index is 2.62. The fraction of sp³-hybridized carbons (Fsp3) is 0.200. The van der Waals surface area contributed by atoms with Gasteiger partial charge in [0, 0.05) is 17.7 Å². The maximum atomic E-state index is 14.0. The van der Waals surface area contributed by atoms with E-state index < -0.39 is 11.6 Å². The Morgan fingerprint density at radius 1 is 1.00 bits per heavy atom. The minimum atomic E-state index is -0.441. The van der Waals surface area contributed by atoms with E-state index in [0.29, 0.717) is 11.1 Å². The number of benzene rings is 2. The van der Waals surface area contributed by atoms with Crippen molar-refractivity contribution >= 4 is 0 Å². The van der Waals surface area contributed by atoms with Crippen molar-refractivity contribution in [1.29, 1.82) is 0 Å². The molecule has 0 bridgehead atoms. The lowest BCUT2D eigenvalue weighted by molar-refractivity contribution is 0.613. The van der Waals surface area contributed by atoms with Gasteiger partial charge in [0.25, 0.3) is 0 Å². The first-order valence-corrected chi connectivity index (χ1v) is 5.78. The number of nitrogens with two attached hydrogens (primary N) is 1. The van der Waals surface area contributed by atoms with Gasteiger partial charge in [-0.2, -0.15) is 0 Å². The van der Waals surface area contributed by atoms with Crippen molar-refractivity contribution in [2.24, 2.45) is 5.73 Å². The molecule has 0 aromatic heterocycles. The molecule has 1 nitrogen and oxygen atoms in total. The first-order valence-electron chi connectivity index (χ1n) is 5.78. The van der Waals surface area contributed by atoms with Crippen molar-refractivity contribution in [2.45, 2.75) is 20.4 Å². The molecule has 0 atom stereocenters. The zero-order chi connectivity index (χ0) is 13.3. The Morgan fingerprint density at radius 3 is 2.28 bits per heavy atom. The van der Waals surface area contributed by atoms with Crippen LogP contribution in [0.4, 0.5) is 8.78 Å². The van der Waals surface area contributed by atoms with E-state index in [1.54, 1.807) is 19.1 Å². The van der Waals surface area contributed by atoms with Gasteiger partial charge < -0.3 is 5.73 Å². The van der Waals surface area contributed by atoms with Gasteiger partial charge in [0.15, 0.2) is 0 Å². The van der Waals surface area contributed by atoms with Crippen LogP contribution < -0.4 is 5.73 Å². The number of rotatable bonds is 2. The van der Waals surface area contributed by atoms with Gasteiger partial charge in [0.2, 0.25) is 0 Å². The molecule has 18 heavy (non-hydrogen) atoms. The second-order valence-corrected chi connectivity index (χ2v) is 4.46. The van der Waals surface area contributed by atoms with Gasteiger partial charge in [-0.25, -0.2) is 8.78 Å². The Kier molecular flexibility index (Phi) is 3.43. The highest BCUT2D eigenvalue weighted by atomic mass is 19.1. The predicted molar refractivity (Wildman–Crippen MR) is 69.2 cm³/mol. The highest BCUT2D eigenvalue weighted by Gasteiger charge is 2.13. The summed E-state index contributed by atoms with van der Waals surface area (Å²) in [4.78, 5) is 0. The van der Waals surface area contributed by atoms with Gasteiger partial charge >= 0.3 is 0 Å². The molecule has 0 aliphatic heterocycles. The van der Waals surface area contributed by atoms with Crippen LogP contribution >= 0.6 is 0 Å². The minimum Gasteiger partial charge on any atom is -0.326 e. The Labute approximate surface area is 105 Å². The van der Waals surface area contributed by atoms with Crippen LogP contribution in [0, 0.1) is 25.5 Å². The lowest BCUT2D eigenvalue weighted by atomic mass is 9.96. The van der Waals surface area contributed by atoms with E-state index in [0.717, 1.165) is 11.1 Å². The molecule has 2 aromatic rings. The van der Waals surface area contributed by atoms with Crippen molar-refractivity contribution in [3.05, 3.63) is 58.7 Å². The number of hydrogen-bond donors (Lipinski definition) is 1. The topological polar surface area (TPSA) is 26.0 Å². The quantitative estimate of drug-likeness (QED) is 0.860. The second kappa shape index (κ2) is 4.86. The van der Waals surface area contributed by atoms with Gasteiger partial charge in [-0.3, -0.25) is 0 Å². The first-order chi connectivity index (χ1) is 8.52. The molecule has 3 heteroatoms. The zero-order valence-corrected chi connectivity index (χ0v) is 10.4. The van der Waals surface area contributed by atoms with E-state index in [9.17, 15) is 8.78 Å². The number of halogens is 2. The van der Waals surface area contributed by atoms with Crippen molar-refractivity contribution in [3.63, 3.8) is 0 Å². The smallest absolute Gasteiger partial charge is 0.131 e. The predicted octanol–water partition coefficient (Wildman–Crippen LogP) is 3.71. The van der Waals surface area contributed by atoms with Crippen molar-refractivity contribution < 1.29 is 8.78 Å². The molecule has 0 unspecified atom stereocenters. The van der Waals surface area contributed by atoms with Crippen LogP contribution in [0.15, 0.2) is 30.3 Å². The fourth-order valence-electron chi connectivity index (χ4n) is 2.15. The SMILES string of the molecule is Cc1cc(C)c(-c2ccc(CN)cc2F)c(F)c1. The summed E-state index contributed by atoms with van der Waals surface area (Å²) < 4.78 is 27.9. The number of hydrogen-bond acceptors (Lipinski definition) is 1. The van der Waals surface area contributed by atoms with E-state index in [1.807, 2.05) is 13.0 Å². The van der Waals surface area contributed by atoms with Crippen LogP contribution in [-0.4, -0.2) is 0 Å². The molecular formula is C15H15F2N. The molecule has 0 spiro atoms. The van der Waals surface area contributed by atoms with Crippen LogP contribution in [0.25, 0.3) is 11.1 Å². The maximum absolute atomic E-state index is 14.0. The molecule has 2 rings (SSSR count). The molecule has 0 aliphatic rings. The van der Waals surface area contributed by atoms with E-state index in [2.05, 4.69) is 0 Å². The van der Waals surface area contributed by atoms with E-state index in [1.165, 1.54) is 12.1 Å². The fourth-order valence-corrected chi connectivity index (χ4v) is 2.15. The van der Waals surface area contributed by atoms with Gasteiger partial charge in [-0.05, 0) is 42.7 Å². The van der Waals surface area contributed by atoms with Gasteiger partial charge in [-0.15, -0.1) is 0 Å². The standard InChI is InChI=1S/C15H15F2N/c1-9-5-10(2)15(14(17)6-9)12-4-3-11(8-18)7-13(12)16/h3-7H,8,18H2,1-2H3. The van der Waals surface area contributed by atoms with Gasteiger partial charge in [-0.1, -0.05) is 18.2 Å². The second-order valence-electron chi connectivity index (χ2n) is 4.46. The Morgan fingerprint density at radius 2 is 1.72 bits per heavy atom. The summed E-state index contributed by atoms with van der Waals surface area (Å²) in [6.07, 6.45) is 0. The van der Waals surface area contributed by atoms with Crippen LogP contribution in [0.3, 0.4) is 0 Å². The number of aryl methyl sites for hydroxylation is 2. The average molecular weight is 247 g/mol. The highest BCUT2D eigenvalue weighted by Crippen LogP contribution is 2.30. The van der Waals surface area contributed by atoms with Crippen LogP contribution in [-0.2, 0) is 6.54 Å². The summed E-state index contributed by atoms with van der Waals surface area (Å²) in [7, 11) is 0. The third-order valence-corrected chi connectivity index (χ3v) is 2.97. The third kappa shape index (κ3) is 2.27. The summed E-state index contributed by atoms with van der Waals surface area (Å²) in [5.74, 6) is -0.837. The molecule has 0 fully saturated rings. The van der Waals surface area contributed by atoms with Crippen LogP contribution in [0.1, 0.15) is 16.7 Å². The molecule has 0 radical (unpaired) electrons. The van der Waals surface area contributed by atoms with Crippen LogP contribution in [0.2, 0.25) is 0 Å². The summed E-state index contributed by atoms with van der Waals surface area (Å²) >= 11 is 0. The minimum absolute atomic E-state index is 0.270. The molecule has 0 amide bonds. The molecule has 2 N–H and O–H groups in total. The molecule has 0 aliphatic carbocycles. The highest BCUT2D eigenvalue weighted by molar-refractivity contribution is 5.69. The zero-order valence-electron chi connectivity index (χ0n) is 10.4. The Bertz CT molecular complexity index is 568. The third-order valence-electron chi connectivity index (χ3n) is 2.97. The Hall–Kier alpha value is -1.74. The average Bonchev–Trinajstić information content (AvgIpc) is 2.29. The summed E-state index contributed by atoms with van der Waals surface area (Å²) in [5.41, 5.74) is 8.30. The lowest BCUT2D eigenvalue weighted by Crippen LogP contribution is -1.99. The maximum Gasteiger partial charge on any atom is 0.131 e. The summed E-state index contributed by atoms with van der Waals surface area (Å²) in [5, 5.41) is 0. The normalized spacial score (nSPS) is 10.7. The summed E-state index contributed by atoms with van der Waals surface area (Å²) in [6, 6.07) is 7.91. The van der Waals surface area contributed by atoms with E-state index in [4.69, 9.17) is 5.73 Å².